The molecule has 1 saturated heterocycles. The highest BCUT2D eigenvalue weighted by Crippen LogP contribution is 2.34. The number of carbonyl (C=O) groups excluding carboxylic acids is 1. The molecule has 1 aliphatic heterocycles. The molecule has 0 aromatic carbocycles. The van der Waals surface area contributed by atoms with Gasteiger partial charge in [0.1, 0.15) is 5.54 Å². The van der Waals surface area contributed by atoms with E-state index in [9.17, 15) is 4.79 Å². The van der Waals surface area contributed by atoms with Crippen LogP contribution in [0.4, 0.5) is 0 Å². The van der Waals surface area contributed by atoms with Crippen LogP contribution in [0.3, 0.4) is 0 Å². The summed E-state index contributed by atoms with van der Waals surface area (Å²) in [4.78, 5) is 15.4. The molecule has 1 aromatic rings. The molecule has 9 heteroatoms. The molecule has 1 saturated carbocycles. The molecule has 0 spiro atoms. The van der Waals surface area contributed by atoms with E-state index in [1.165, 1.54) is 6.42 Å². The van der Waals surface area contributed by atoms with Crippen LogP contribution in [0.2, 0.25) is 0 Å². The molecular formula is C15H26N6O2S. The van der Waals surface area contributed by atoms with Crippen molar-refractivity contribution in [2.75, 3.05) is 38.6 Å². The van der Waals surface area contributed by atoms with Crippen LogP contribution in [0.5, 0.6) is 0 Å². The minimum absolute atomic E-state index is 0.181. The van der Waals surface area contributed by atoms with Crippen LogP contribution in [0.15, 0.2) is 5.16 Å². The van der Waals surface area contributed by atoms with Gasteiger partial charge >= 0.3 is 0 Å². The first-order valence-electron chi connectivity index (χ1n) is 8.69. The van der Waals surface area contributed by atoms with Crippen LogP contribution >= 0.6 is 11.8 Å². The number of thioether (sulfide) groups is 1. The van der Waals surface area contributed by atoms with Gasteiger partial charge in [-0.05, 0) is 23.3 Å². The van der Waals surface area contributed by atoms with Gasteiger partial charge in [0.15, 0.2) is 0 Å². The van der Waals surface area contributed by atoms with Crippen molar-refractivity contribution in [1.29, 1.82) is 0 Å². The monoisotopic (exact) mass is 354 g/mol. The lowest BCUT2D eigenvalue weighted by atomic mass is 9.79. The molecule has 2 heterocycles. The number of rotatable bonds is 6. The fourth-order valence-electron chi connectivity index (χ4n) is 3.63. The molecule has 3 rings (SSSR count). The smallest absolute Gasteiger partial charge is 0.240 e. The van der Waals surface area contributed by atoms with Crippen LogP contribution in [-0.4, -0.2) is 75.2 Å². The lowest BCUT2D eigenvalue weighted by molar-refractivity contribution is -0.140. The quantitative estimate of drug-likeness (QED) is 0.586. The maximum absolute atomic E-state index is 13.0. The van der Waals surface area contributed by atoms with Crippen molar-refractivity contribution in [2.45, 2.75) is 42.8 Å². The average Bonchev–Trinajstić information content (AvgIpc) is 3.05. The SMILES string of the molecule is Cn1nnnc1SCCNC(=O)C1(N2CCOCC2)CCCCC1. The number of carbonyl (C=O) groups is 1. The summed E-state index contributed by atoms with van der Waals surface area (Å²) in [6.45, 7) is 3.79. The Morgan fingerprint density at radius 1 is 1.29 bits per heavy atom. The summed E-state index contributed by atoms with van der Waals surface area (Å²) in [6.07, 6.45) is 5.40. The van der Waals surface area contributed by atoms with Gasteiger partial charge in [0.05, 0.1) is 13.2 Å². The number of morpholine rings is 1. The first-order chi connectivity index (χ1) is 11.7. The van der Waals surface area contributed by atoms with Crippen LogP contribution in [0, 0.1) is 0 Å². The predicted octanol–water partition coefficient (Wildman–Crippen LogP) is 0.454. The van der Waals surface area contributed by atoms with Crippen molar-refractivity contribution in [2.24, 2.45) is 7.05 Å². The van der Waals surface area contributed by atoms with E-state index in [1.54, 1.807) is 16.4 Å². The van der Waals surface area contributed by atoms with Gasteiger partial charge in [0, 0.05) is 32.4 Å². The largest absolute Gasteiger partial charge is 0.379 e. The maximum Gasteiger partial charge on any atom is 0.240 e. The highest BCUT2D eigenvalue weighted by Gasteiger charge is 2.44. The van der Waals surface area contributed by atoms with Crippen molar-refractivity contribution >= 4 is 17.7 Å². The summed E-state index contributed by atoms with van der Waals surface area (Å²) in [6, 6.07) is 0. The Kier molecular flexibility index (Phi) is 6.07. The number of amides is 1. The van der Waals surface area contributed by atoms with E-state index in [1.807, 2.05) is 7.05 Å². The standard InChI is InChI=1S/C15H26N6O2S/c1-20-14(17-18-19-20)24-12-7-16-13(22)15(5-3-2-4-6-15)21-8-10-23-11-9-21/h2-12H2,1H3,(H,16,22). The lowest BCUT2D eigenvalue weighted by Gasteiger charge is -2.46. The summed E-state index contributed by atoms with van der Waals surface area (Å²) in [7, 11) is 1.82. The average molecular weight is 354 g/mol. The zero-order valence-electron chi connectivity index (χ0n) is 14.2. The van der Waals surface area contributed by atoms with Gasteiger partial charge in [0.2, 0.25) is 11.1 Å². The first-order valence-corrected chi connectivity index (χ1v) is 9.67. The van der Waals surface area contributed by atoms with Crippen LogP contribution < -0.4 is 5.32 Å². The van der Waals surface area contributed by atoms with E-state index < -0.39 is 0 Å². The van der Waals surface area contributed by atoms with Gasteiger partial charge in [0.25, 0.3) is 0 Å². The molecule has 1 amide bonds. The van der Waals surface area contributed by atoms with Gasteiger partial charge in [-0.25, -0.2) is 4.68 Å². The number of aryl methyl sites for hydroxylation is 1. The van der Waals surface area contributed by atoms with Gasteiger partial charge in [-0.2, -0.15) is 0 Å². The number of tetrazole rings is 1. The second kappa shape index (κ2) is 8.26. The summed E-state index contributed by atoms with van der Waals surface area (Å²) in [5.41, 5.74) is -0.334. The molecule has 2 aliphatic rings. The van der Waals surface area contributed by atoms with Crippen LogP contribution in [0.25, 0.3) is 0 Å². The zero-order chi connectivity index (χ0) is 16.8. The Balaban J connectivity index is 1.54. The number of nitrogens with one attached hydrogen (secondary N) is 1. The molecule has 0 bridgehead atoms. The molecule has 8 nitrogen and oxygen atoms in total. The van der Waals surface area contributed by atoms with E-state index in [4.69, 9.17) is 4.74 Å². The number of nitrogens with zero attached hydrogens (tertiary/aromatic N) is 5. The molecule has 134 valence electrons. The Morgan fingerprint density at radius 2 is 2.04 bits per heavy atom. The molecule has 24 heavy (non-hydrogen) atoms. The number of ether oxygens (including phenoxy) is 1. The lowest BCUT2D eigenvalue weighted by Crippen LogP contribution is -2.62. The molecule has 1 N–H and O–H groups in total. The Labute approximate surface area is 146 Å². The van der Waals surface area contributed by atoms with E-state index in [2.05, 4.69) is 25.7 Å². The fourth-order valence-corrected chi connectivity index (χ4v) is 4.33. The van der Waals surface area contributed by atoms with Crippen LogP contribution in [-0.2, 0) is 16.6 Å². The normalized spacial score (nSPS) is 21.5. The number of hydrogen-bond donors (Lipinski definition) is 1. The first kappa shape index (κ1) is 17.6. The van der Waals surface area contributed by atoms with Gasteiger partial charge < -0.3 is 10.1 Å². The van der Waals surface area contributed by atoms with E-state index in [0.29, 0.717) is 6.54 Å². The minimum Gasteiger partial charge on any atom is -0.379 e. The van der Waals surface area contributed by atoms with Gasteiger partial charge in [-0.3, -0.25) is 9.69 Å². The van der Waals surface area contributed by atoms with E-state index >= 15 is 0 Å². The van der Waals surface area contributed by atoms with E-state index in [0.717, 1.165) is 62.9 Å². The highest BCUT2D eigenvalue weighted by molar-refractivity contribution is 7.99. The molecule has 2 fully saturated rings. The van der Waals surface area contributed by atoms with Crippen molar-refractivity contribution in [3.63, 3.8) is 0 Å². The molecular weight excluding hydrogens is 328 g/mol. The van der Waals surface area contributed by atoms with Crippen molar-refractivity contribution in [3.05, 3.63) is 0 Å². The molecule has 0 radical (unpaired) electrons. The summed E-state index contributed by atoms with van der Waals surface area (Å²) in [5.74, 6) is 0.944. The third kappa shape index (κ3) is 3.89. The van der Waals surface area contributed by atoms with E-state index in [-0.39, 0.29) is 11.4 Å². The second-order valence-corrected chi connectivity index (χ2v) is 7.44. The Morgan fingerprint density at radius 3 is 2.71 bits per heavy atom. The molecule has 0 atom stereocenters. The van der Waals surface area contributed by atoms with Crippen molar-refractivity contribution < 1.29 is 9.53 Å². The predicted molar refractivity (Wildman–Crippen MR) is 90.7 cm³/mol. The second-order valence-electron chi connectivity index (χ2n) is 6.38. The van der Waals surface area contributed by atoms with Gasteiger partial charge in [-0.15, -0.1) is 5.10 Å². The molecule has 1 aliphatic carbocycles. The topological polar surface area (TPSA) is 85.2 Å². The Hall–Kier alpha value is -1.19. The summed E-state index contributed by atoms with van der Waals surface area (Å²) < 4.78 is 7.11. The Bertz CT molecular complexity index is 540. The van der Waals surface area contributed by atoms with Gasteiger partial charge in [-0.1, -0.05) is 31.0 Å². The summed E-state index contributed by atoms with van der Waals surface area (Å²) in [5, 5.41) is 15.3. The molecule has 0 unspecified atom stereocenters. The zero-order valence-corrected chi connectivity index (χ0v) is 15.1. The number of aromatic nitrogens is 4. The third-order valence-corrected chi connectivity index (χ3v) is 5.93. The van der Waals surface area contributed by atoms with Crippen molar-refractivity contribution in [3.8, 4) is 0 Å². The minimum atomic E-state index is -0.334. The van der Waals surface area contributed by atoms with Crippen LogP contribution in [0.1, 0.15) is 32.1 Å². The van der Waals surface area contributed by atoms with Crippen molar-refractivity contribution in [1.82, 2.24) is 30.4 Å². The maximum atomic E-state index is 13.0. The fraction of sp³-hybridized carbons (Fsp3) is 0.867. The number of hydrogen-bond acceptors (Lipinski definition) is 7. The highest BCUT2D eigenvalue weighted by atomic mass is 32.2. The molecule has 1 aromatic heterocycles. The third-order valence-electron chi connectivity index (χ3n) is 4.92. The summed E-state index contributed by atoms with van der Waals surface area (Å²) >= 11 is 1.56.